The van der Waals surface area contributed by atoms with E-state index in [0.29, 0.717) is 31.7 Å². The lowest BCUT2D eigenvalue weighted by Crippen LogP contribution is -2.63. The lowest BCUT2D eigenvalue weighted by molar-refractivity contribution is -0.134. The van der Waals surface area contributed by atoms with E-state index in [9.17, 15) is 18.4 Å². The average Bonchev–Trinajstić information content (AvgIpc) is 2.69. The summed E-state index contributed by atoms with van der Waals surface area (Å²) in [5.74, 6) is -2.06. The van der Waals surface area contributed by atoms with Crippen LogP contribution in [0.3, 0.4) is 0 Å². The van der Waals surface area contributed by atoms with E-state index in [4.69, 9.17) is 4.74 Å². The molecule has 2 aliphatic rings. The quantitative estimate of drug-likeness (QED) is 0.849. The zero-order chi connectivity index (χ0) is 19.7. The van der Waals surface area contributed by atoms with Crippen molar-refractivity contribution in [3.63, 3.8) is 0 Å². The molecule has 28 heavy (non-hydrogen) atoms. The maximum atomic E-state index is 13.6. The Labute approximate surface area is 160 Å². The van der Waals surface area contributed by atoms with Crippen LogP contribution in [-0.4, -0.2) is 42.1 Å². The molecule has 0 saturated carbocycles. The first-order valence-electron chi connectivity index (χ1n) is 9.01. The molecule has 0 bridgehead atoms. The first-order valence-corrected chi connectivity index (χ1v) is 9.01. The lowest BCUT2D eigenvalue weighted by atomic mass is 9.92. The second kappa shape index (κ2) is 7.10. The SMILES string of the molecule is O=C1NC2(CCN(C(=O)COc3ccccc3)CC2)Nc2cc(F)c(F)cc21. The van der Waals surface area contributed by atoms with Crippen LogP contribution in [0.5, 0.6) is 5.75 Å². The molecule has 0 aromatic heterocycles. The summed E-state index contributed by atoms with van der Waals surface area (Å²) in [5.41, 5.74) is -0.458. The highest BCUT2D eigenvalue weighted by Gasteiger charge is 2.41. The second-order valence-electron chi connectivity index (χ2n) is 6.96. The molecular weight excluding hydrogens is 368 g/mol. The molecule has 8 heteroatoms. The highest BCUT2D eigenvalue weighted by Crippen LogP contribution is 2.32. The number of carbonyl (C=O) groups is 2. The van der Waals surface area contributed by atoms with Crippen LogP contribution in [0, 0.1) is 11.6 Å². The molecule has 2 aromatic carbocycles. The predicted octanol–water partition coefficient (Wildman–Crippen LogP) is 2.52. The number of nitrogens with one attached hydrogen (secondary N) is 2. The van der Waals surface area contributed by atoms with Crippen molar-refractivity contribution < 1.29 is 23.1 Å². The first-order chi connectivity index (χ1) is 13.5. The maximum absolute atomic E-state index is 13.6. The maximum Gasteiger partial charge on any atom is 0.260 e. The minimum atomic E-state index is -1.06. The number of amides is 2. The van der Waals surface area contributed by atoms with E-state index in [-0.39, 0.29) is 23.8 Å². The van der Waals surface area contributed by atoms with Crippen molar-refractivity contribution in [1.82, 2.24) is 10.2 Å². The largest absolute Gasteiger partial charge is 0.484 e. The number of rotatable bonds is 3. The van der Waals surface area contributed by atoms with E-state index >= 15 is 0 Å². The number of para-hydroxylation sites is 1. The fourth-order valence-corrected chi connectivity index (χ4v) is 3.55. The van der Waals surface area contributed by atoms with Gasteiger partial charge in [-0.15, -0.1) is 0 Å². The van der Waals surface area contributed by atoms with Gasteiger partial charge in [0, 0.05) is 32.0 Å². The van der Waals surface area contributed by atoms with Gasteiger partial charge in [-0.2, -0.15) is 0 Å². The third-order valence-corrected chi connectivity index (χ3v) is 5.11. The highest BCUT2D eigenvalue weighted by atomic mass is 19.2. The Hall–Kier alpha value is -3.16. The summed E-state index contributed by atoms with van der Waals surface area (Å²) in [7, 11) is 0. The van der Waals surface area contributed by atoms with Gasteiger partial charge in [0.2, 0.25) is 0 Å². The van der Waals surface area contributed by atoms with Crippen molar-refractivity contribution in [2.45, 2.75) is 18.5 Å². The first kappa shape index (κ1) is 18.2. The number of hydrogen-bond acceptors (Lipinski definition) is 4. The Morgan fingerprint density at radius 1 is 1.07 bits per heavy atom. The summed E-state index contributed by atoms with van der Waals surface area (Å²) < 4.78 is 32.5. The van der Waals surface area contributed by atoms with Crippen LogP contribution < -0.4 is 15.4 Å². The molecule has 2 amide bonds. The van der Waals surface area contributed by atoms with Crippen LogP contribution in [0.4, 0.5) is 14.5 Å². The number of likely N-dealkylation sites (tertiary alicyclic amines) is 1. The summed E-state index contributed by atoms with van der Waals surface area (Å²) >= 11 is 0. The van der Waals surface area contributed by atoms with E-state index in [2.05, 4.69) is 10.6 Å². The van der Waals surface area contributed by atoms with Gasteiger partial charge < -0.3 is 20.3 Å². The topological polar surface area (TPSA) is 70.7 Å². The smallest absolute Gasteiger partial charge is 0.260 e. The molecular formula is C20H19F2N3O3. The summed E-state index contributed by atoms with van der Waals surface area (Å²) in [6, 6.07) is 11.0. The Morgan fingerprint density at radius 2 is 1.75 bits per heavy atom. The molecule has 0 unspecified atom stereocenters. The third-order valence-electron chi connectivity index (χ3n) is 5.11. The number of halogens is 2. The number of benzene rings is 2. The number of nitrogens with zero attached hydrogens (tertiary/aromatic N) is 1. The fraction of sp³-hybridized carbons (Fsp3) is 0.300. The van der Waals surface area contributed by atoms with Gasteiger partial charge in [-0.25, -0.2) is 8.78 Å². The number of ether oxygens (including phenoxy) is 1. The molecule has 1 saturated heterocycles. The predicted molar refractivity (Wildman–Crippen MR) is 97.9 cm³/mol. The lowest BCUT2D eigenvalue weighted by Gasteiger charge is -2.45. The van der Waals surface area contributed by atoms with Crippen LogP contribution in [0.1, 0.15) is 23.2 Å². The van der Waals surface area contributed by atoms with E-state index in [1.165, 1.54) is 0 Å². The number of fused-ring (bicyclic) bond motifs is 1. The molecule has 2 aromatic rings. The van der Waals surface area contributed by atoms with Crippen molar-refractivity contribution in [3.05, 3.63) is 59.7 Å². The zero-order valence-corrected chi connectivity index (χ0v) is 15.0. The van der Waals surface area contributed by atoms with Gasteiger partial charge in [0.15, 0.2) is 18.2 Å². The van der Waals surface area contributed by atoms with Gasteiger partial charge in [0.1, 0.15) is 11.4 Å². The molecule has 2 aliphatic heterocycles. The molecule has 0 aliphatic carbocycles. The van der Waals surface area contributed by atoms with Crippen LogP contribution in [0.25, 0.3) is 0 Å². The highest BCUT2D eigenvalue weighted by molar-refractivity contribution is 6.02. The number of anilines is 1. The van der Waals surface area contributed by atoms with Crippen molar-refractivity contribution in [2.24, 2.45) is 0 Å². The standard InChI is InChI=1S/C20H19F2N3O3/c21-15-10-14-17(11-16(15)22)23-20(24-19(14)27)6-8-25(9-7-20)18(26)12-28-13-4-2-1-3-5-13/h1-5,10-11,23H,6-9,12H2,(H,24,27). The van der Waals surface area contributed by atoms with Gasteiger partial charge in [0.25, 0.3) is 11.8 Å². The third kappa shape index (κ3) is 3.49. The molecule has 146 valence electrons. The molecule has 1 spiro atoms. The second-order valence-corrected chi connectivity index (χ2v) is 6.96. The van der Waals surface area contributed by atoms with Crippen LogP contribution >= 0.6 is 0 Å². The minimum absolute atomic E-state index is 0.0654. The summed E-state index contributed by atoms with van der Waals surface area (Å²) in [6.07, 6.45) is 0.877. The minimum Gasteiger partial charge on any atom is -0.484 e. The van der Waals surface area contributed by atoms with Gasteiger partial charge in [-0.3, -0.25) is 9.59 Å². The molecule has 1 fully saturated rings. The number of carbonyl (C=O) groups excluding carboxylic acids is 2. The molecule has 2 heterocycles. The van der Waals surface area contributed by atoms with E-state index < -0.39 is 23.2 Å². The zero-order valence-electron chi connectivity index (χ0n) is 15.0. The number of hydrogen-bond donors (Lipinski definition) is 2. The molecule has 0 atom stereocenters. The van der Waals surface area contributed by atoms with E-state index in [1.54, 1.807) is 17.0 Å². The van der Waals surface area contributed by atoms with Gasteiger partial charge in [-0.05, 0) is 18.2 Å². The molecule has 4 rings (SSSR count). The Kier molecular flexibility index (Phi) is 4.62. The van der Waals surface area contributed by atoms with Crippen molar-refractivity contribution in [2.75, 3.05) is 25.0 Å². The van der Waals surface area contributed by atoms with E-state index in [1.807, 2.05) is 18.2 Å². The Bertz CT molecular complexity index is 912. The van der Waals surface area contributed by atoms with Gasteiger partial charge in [-0.1, -0.05) is 18.2 Å². The fourth-order valence-electron chi connectivity index (χ4n) is 3.55. The van der Waals surface area contributed by atoms with E-state index in [0.717, 1.165) is 12.1 Å². The van der Waals surface area contributed by atoms with Gasteiger partial charge in [0.05, 0.1) is 11.3 Å². The summed E-state index contributed by atoms with van der Waals surface area (Å²) in [4.78, 5) is 26.4. The van der Waals surface area contributed by atoms with Crippen molar-refractivity contribution in [1.29, 1.82) is 0 Å². The average molecular weight is 387 g/mol. The van der Waals surface area contributed by atoms with Crippen LogP contribution in [-0.2, 0) is 4.79 Å². The van der Waals surface area contributed by atoms with Crippen LogP contribution in [0.15, 0.2) is 42.5 Å². The Morgan fingerprint density at radius 3 is 2.46 bits per heavy atom. The van der Waals surface area contributed by atoms with Crippen LogP contribution in [0.2, 0.25) is 0 Å². The summed E-state index contributed by atoms with van der Waals surface area (Å²) in [5, 5.41) is 5.96. The monoisotopic (exact) mass is 387 g/mol. The molecule has 6 nitrogen and oxygen atoms in total. The number of piperidine rings is 1. The normalized spacial score (nSPS) is 17.5. The molecule has 0 radical (unpaired) electrons. The Balaban J connectivity index is 1.39. The molecule has 2 N–H and O–H groups in total. The van der Waals surface area contributed by atoms with Crippen molar-refractivity contribution in [3.8, 4) is 5.75 Å². The van der Waals surface area contributed by atoms with Gasteiger partial charge >= 0.3 is 0 Å². The summed E-state index contributed by atoms with van der Waals surface area (Å²) in [6.45, 7) is 0.747. The van der Waals surface area contributed by atoms with Crippen molar-refractivity contribution >= 4 is 17.5 Å².